The van der Waals surface area contributed by atoms with Gasteiger partial charge < -0.3 is 15.1 Å². The molecule has 174 valence electrons. The first-order valence-electron chi connectivity index (χ1n) is 11.7. The van der Waals surface area contributed by atoms with Crippen LogP contribution < -0.4 is 5.32 Å². The fourth-order valence-corrected chi connectivity index (χ4v) is 4.28. The first-order valence-corrected chi connectivity index (χ1v) is 11.7. The second kappa shape index (κ2) is 11.0. The van der Waals surface area contributed by atoms with E-state index in [0.717, 1.165) is 36.4 Å². The van der Waals surface area contributed by atoms with Gasteiger partial charge in [0.25, 0.3) is 0 Å². The van der Waals surface area contributed by atoms with Gasteiger partial charge >= 0.3 is 6.03 Å². The van der Waals surface area contributed by atoms with E-state index in [4.69, 9.17) is 0 Å². The average Bonchev–Trinajstić information content (AvgIpc) is 2.85. The molecule has 2 aliphatic rings. The number of benzene rings is 2. The highest BCUT2D eigenvalue weighted by Gasteiger charge is 2.27. The van der Waals surface area contributed by atoms with Crippen molar-refractivity contribution in [1.29, 1.82) is 0 Å². The van der Waals surface area contributed by atoms with Crippen LogP contribution in [0.1, 0.15) is 26.2 Å². The Kier molecular flexibility index (Phi) is 7.67. The van der Waals surface area contributed by atoms with Crippen molar-refractivity contribution in [2.75, 3.05) is 44.6 Å². The van der Waals surface area contributed by atoms with Gasteiger partial charge in [-0.2, -0.15) is 10.2 Å². The molecule has 4 rings (SSSR count). The van der Waals surface area contributed by atoms with E-state index in [2.05, 4.69) is 27.4 Å². The Balaban J connectivity index is 1.22. The Labute approximate surface area is 195 Å². The van der Waals surface area contributed by atoms with E-state index in [1.165, 1.54) is 6.42 Å². The fourth-order valence-electron chi connectivity index (χ4n) is 4.28. The van der Waals surface area contributed by atoms with E-state index >= 15 is 0 Å². The first kappa shape index (κ1) is 22.9. The van der Waals surface area contributed by atoms with Crippen molar-refractivity contribution >= 4 is 29.0 Å². The molecule has 1 atom stereocenters. The number of azo groups is 1. The van der Waals surface area contributed by atoms with Gasteiger partial charge in [-0.15, -0.1) is 0 Å². The number of hydrogen-bond donors (Lipinski definition) is 1. The SMILES string of the molecule is CC1CCCCN1C(=O)CN1CCN(C(=O)Nc2ccc(N=Nc3ccccc3)cc2)CC1. The van der Waals surface area contributed by atoms with Crippen molar-refractivity contribution in [3.8, 4) is 0 Å². The van der Waals surface area contributed by atoms with Crippen LogP contribution in [0.3, 0.4) is 0 Å². The topological polar surface area (TPSA) is 80.6 Å². The molecule has 0 radical (unpaired) electrons. The molecule has 0 spiro atoms. The summed E-state index contributed by atoms with van der Waals surface area (Å²) in [5.74, 6) is 0.213. The quantitative estimate of drug-likeness (QED) is 0.676. The smallest absolute Gasteiger partial charge is 0.321 e. The molecule has 33 heavy (non-hydrogen) atoms. The summed E-state index contributed by atoms with van der Waals surface area (Å²) in [6, 6.07) is 17.1. The molecule has 3 amide bonds. The summed E-state index contributed by atoms with van der Waals surface area (Å²) in [6.07, 6.45) is 3.40. The molecular formula is C25H32N6O2. The lowest BCUT2D eigenvalue weighted by Gasteiger charge is -2.38. The van der Waals surface area contributed by atoms with Crippen LogP contribution in [0, 0.1) is 0 Å². The summed E-state index contributed by atoms with van der Waals surface area (Å²) < 4.78 is 0. The van der Waals surface area contributed by atoms with Crippen LogP contribution in [-0.2, 0) is 4.79 Å². The lowest BCUT2D eigenvalue weighted by Crippen LogP contribution is -2.53. The Morgan fingerprint density at radius 2 is 1.55 bits per heavy atom. The maximum absolute atomic E-state index is 12.7. The third kappa shape index (κ3) is 6.38. The molecule has 2 aromatic carbocycles. The summed E-state index contributed by atoms with van der Waals surface area (Å²) in [4.78, 5) is 31.3. The molecule has 0 bridgehead atoms. The molecule has 2 aliphatic heterocycles. The zero-order chi connectivity index (χ0) is 23.0. The molecule has 1 unspecified atom stereocenters. The van der Waals surface area contributed by atoms with Crippen molar-refractivity contribution in [2.45, 2.75) is 32.2 Å². The van der Waals surface area contributed by atoms with E-state index < -0.39 is 0 Å². The summed E-state index contributed by atoms with van der Waals surface area (Å²) in [5, 5.41) is 11.4. The Morgan fingerprint density at radius 3 is 2.21 bits per heavy atom. The molecule has 0 aromatic heterocycles. The molecule has 2 fully saturated rings. The summed E-state index contributed by atoms with van der Waals surface area (Å²) in [7, 11) is 0. The van der Waals surface area contributed by atoms with Crippen molar-refractivity contribution in [2.24, 2.45) is 10.2 Å². The van der Waals surface area contributed by atoms with Crippen LogP contribution in [0.15, 0.2) is 64.8 Å². The van der Waals surface area contributed by atoms with Gasteiger partial charge in [0.05, 0.1) is 17.9 Å². The van der Waals surface area contributed by atoms with Crippen molar-refractivity contribution in [3.63, 3.8) is 0 Å². The third-order valence-corrected chi connectivity index (χ3v) is 6.30. The summed E-state index contributed by atoms with van der Waals surface area (Å²) >= 11 is 0. The molecule has 0 saturated carbocycles. The third-order valence-electron chi connectivity index (χ3n) is 6.30. The number of likely N-dealkylation sites (tertiary alicyclic amines) is 1. The number of amides is 3. The number of nitrogens with one attached hydrogen (secondary N) is 1. The van der Waals surface area contributed by atoms with E-state index in [-0.39, 0.29) is 11.9 Å². The second-order valence-corrected chi connectivity index (χ2v) is 8.71. The number of rotatable bonds is 5. The van der Waals surface area contributed by atoms with Crippen molar-refractivity contribution in [3.05, 3.63) is 54.6 Å². The largest absolute Gasteiger partial charge is 0.339 e. The number of carbonyl (C=O) groups is 2. The van der Waals surface area contributed by atoms with Crippen LogP contribution in [0.5, 0.6) is 0 Å². The van der Waals surface area contributed by atoms with Gasteiger partial charge in [0.15, 0.2) is 0 Å². The monoisotopic (exact) mass is 448 g/mol. The van der Waals surface area contributed by atoms with Crippen molar-refractivity contribution in [1.82, 2.24) is 14.7 Å². The average molecular weight is 449 g/mol. The molecule has 8 heteroatoms. The zero-order valence-corrected chi connectivity index (χ0v) is 19.2. The minimum Gasteiger partial charge on any atom is -0.339 e. The van der Waals surface area contributed by atoms with Crippen LogP contribution >= 0.6 is 0 Å². The number of nitrogens with zero attached hydrogens (tertiary/aromatic N) is 5. The van der Waals surface area contributed by atoms with Crippen LogP contribution in [-0.4, -0.2) is 71.9 Å². The van der Waals surface area contributed by atoms with Crippen molar-refractivity contribution < 1.29 is 9.59 Å². The van der Waals surface area contributed by atoms with Gasteiger partial charge in [0.2, 0.25) is 5.91 Å². The second-order valence-electron chi connectivity index (χ2n) is 8.71. The lowest BCUT2D eigenvalue weighted by atomic mass is 10.0. The fraction of sp³-hybridized carbons (Fsp3) is 0.440. The molecule has 1 N–H and O–H groups in total. The number of hydrogen-bond acceptors (Lipinski definition) is 5. The number of piperazine rings is 1. The van der Waals surface area contributed by atoms with Crippen LogP contribution in [0.2, 0.25) is 0 Å². The van der Waals surface area contributed by atoms with Gasteiger partial charge in [-0.1, -0.05) is 18.2 Å². The minimum absolute atomic E-state index is 0.121. The van der Waals surface area contributed by atoms with E-state index in [1.54, 1.807) is 4.90 Å². The minimum atomic E-state index is -0.121. The van der Waals surface area contributed by atoms with Gasteiger partial charge in [0.1, 0.15) is 0 Å². The predicted molar refractivity (Wildman–Crippen MR) is 129 cm³/mol. The van der Waals surface area contributed by atoms with Gasteiger partial charge in [-0.05, 0) is 62.6 Å². The highest BCUT2D eigenvalue weighted by Crippen LogP contribution is 2.21. The number of urea groups is 1. The molecule has 2 aromatic rings. The Morgan fingerprint density at radius 1 is 0.879 bits per heavy atom. The maximum atomic E-state index is 12.7. The Hall–Kier alpha value is -3.26. The lowest BCUT2D eigenvalue weighted by molar-refractivity contribution is -0.136. The number of carbonyl (C=O) groups excluding carboxylic acids is 2. The molecule has 0 aliphatic carbocycles. The molecule has 2 heterocycles. The molecular weight excluding hydrogens is 416 g/mol. The highest BCUT2D eigenvalue weighted by molar-refractivity contribution is 5.89. The van der Waals surface area contributed by atoms with E-state index in [1.807, 2.05) is 59.5 Å². The van der Waals surface area contributed by atoms with E-state index in [0.29, 0.717) is 38.8 Å². The zero-order valence-electron chi connectivity index (χ0n) is 19.2. The summed E-state index contributed by atoms with van der Waals surface area (Å²) in [6.45, 7) is 6.09. The maximum Gasteiger partial charge on any atom is 0.321 e. The first-order chi connectivity index (χ1) is 16.1. The molecule has 8 nitrogen and oxygen atoms in total. The standard InChI is InChI=1S/C25H32N6O2/c1-20-7-5-6-14-31(20)24(32)19-29-15-17-30(18-16-29)25(33)26-21-10-12-23(13-11-21)28-27-22-8-3-2-4-9-22/h2-4,8-13,20H,5-7,14-19H2,1H3,(H,26,33). The Bertz CT molecular complexity index is 955. The van der Waals surface area contributed by atoms with Gasteiger partial charge in [-0.25, -0.2) is 4.79 Å². The van der Waals surface area contributed by atoms with E-state index in [9.17, 15) is 9.59 Å². The number of anilines is 1. The van der Waals surface area contributed by atoms with Crippen LogP contribution in [0.4, 0.5) is 21.9 Å². The highest BCUT2D eigenvalue weighted by atomic mass is 16.2. The predicted octanol–water partition coefficient (Wildman–Crippen LogP) is 4.65. The normalized spacial score (nSPS) is 19.6. The van der Waals surface area contributed by atoms with Crippen LogP contribution in [0.25, 0.3) is 0 Å². The van der Waals surface area contributed by atoms with Gasteiger partial charge in [0, 0.05) is 44.5 Å². The summed E-state index contributed by atoms with van der Waals surface area (Å²) in [5.41, 5.74) is 2.23. The number of piperidine rings is 1. The molecule has 2 saturated heterocycles. The van der Waals surface area contributed by atoms with Gasteiger partial charge in [-0.3, -0.25) is 9.69 Å².